The highest BCUT2D eigenvalue weighted by atomic mass is 32.1. The Kier molecular flexibility index (Phi) is 4.57. The van der Waals surface area contributed by atoms with Gasteiger partial charge in [0.2, 0.25) is 0 Å². The van der Waals surface area contributed by atoms with Gasteiger partial charge in [-0.1, -0.05) is 42.5 Å². The van der Waals surface area contributed by atoms with Crippen LogP contribution in [0.3, 0.4) is 0 Å². The molecule has 0 saturated carbocycles. The van der Waals surface area contributed by atoms with E-state index in [0.717, 1.165) is 26.7 Å². The molecule has 0 saturated heterocycles. The second-order valence-electron chi connectivity index (χ2n) is 6.73. The number of hydrogen-bond donors (Lipinski definition) is 2. The van der Waals surface area contributed by atoms with Crippen LogP contribution in [-0.4, -0.2) is 25.8 Å². The topological polar surface area (TPSA) is 83.6 Å². The van der Waals surface area contributed by atoms with E-state index < -0.39 is 0 Å². The summed E-state index contributed by atoms with van der Waals surface area (Å²) in [5, 5.41) is 3.78. The van der Waals surface area contributed by atoms with Crippen LogP contribution in [-0.2, 0) is 0 Å². The van der Waals surface area contributed by atoms with E-state index in [-0.39, 0.29) is 5.91 Å². The predicted molar refractivity (Wildman–Crippen MR) is 120 cm³/mol. The molecule has 6 nitrogen and oxygen atoms in total. The van der Waals surface area contributed by atoms with E-state index in [9.17, 15) is 4.79 Å². The highest BCUT2D eigenvalue weighted by molar-refractivity contribution is 7.15. The number of hydrogen-bond acceptors (Lipinski definition) is 5. The van der Waals surface area contributed by atoms with Gasteiger partial charge in [-0.3, -0.25) is 4.79 Å². The molecule has 3 aromatic heterocycles. The number of para-hydroxylation sites is 1. The second-order valence-corrected chi connectivity index (χ2v) is 7.94. The minimum absolute atomic E-state index is 0.249. The number of H-pyrrole nitrogens is 1. The zero-order valence-corrected chi connectivity index (χ0v) is 16.9. The van der Waals surface area contributed by atoms with Crippen LogP contribution in [0.4, 0.5) is 5.82 Å². The van der Waals surface area contributed by atoms with E-state index >= 15 is 0 Å². The number of aromatic nitrogens is 4. The third kappa shape index (κ3) is 3.35. The molecule has 0 bridgehead atoms. The molecule has 1 amide bonds. The number of thiazole rings is 1. The molecule has 3 heterocycles. The first-order valence-corrected chi connectivity index (χ1v) is 10.2. The largest absolute Gasteiger partial charge is 0.337 e. The summed E-state index contributed by atoms with van der Waals surface area (Å²) in [7, 11) is 0. The van der Waals surface area contributed by atoms with Gasteiger partial charge in [-0.25, -0.2) is 15.0 Å². The number of rotatable bonds is 4. The Morgan fingerprint density at radius 3 is 2.60 bits per heavy atom. The Labute approximate surface area is 176 Å². The first kappa shape index (κ1) is 18.2. The van der Waals surface area contributed by atoms with Gasteiger partial charge in [0.05, 0.1) is 26.7 Å². The molecule has 0 unspecified atom stereocenters. The van der Waals surface area contributed by atoms with Crippen molar-refractivity contribution in [3.63, 3.8) is 0 Å². The normalized spacial score (nSPS) is 11.0. The van der Waals surface area contributed by atoms with Crippen LogP contribution in [0.25, 0.3) is 33.0 Å². The Balaban J connectivity index is 1.57. The Bertz CT molecular complexity index is 1340. The van der Waals surface area contributed by atoms with Crippen molar-refractivity contribution in [3.8, 4) is 22.0 Å². The van der Waals surface area contributed by atoms with Crippen LogP contribution < -0.4 is 5.32 Å². The fourth-order valence-electron chi connectivity index (χ4n) is 3.32. The van der Waals surface area contributed by atoms with E-state index in [0.29, 0.717) is 22.7 Å². The maximum atomic E-state index is 12.9. The minimum atomic E-state index is -0.249. The number of amides is 1. The Morgan fingerprint density at radius 2 is 1.80 bits per heavy atom. The van der Waals surface area contributed by atoms with Gasteiger partial charge in [-0.05, 0) is 31.2 Å². The lowest BCUT2D eigenvalue weighted by Gasteiger charge is -2.04. The number of carbonyl (C=O) groups excluding carboxylic acids is 1. The molecule has 0 aliphatic heterocycles. The third-order valence-corrected chi connectivity index (χ3v) is 5.64. The van der Waals surface area contributed by atoms with Crippen molar-refractivity contribution in [3.05, 3.63) is 83.5 Å². The Morgan fingerprint density at radius 1 is 0.967 bits per heavy atom. The van der Waals surface area contributed by atoms with Crippen molar-refractivity contribution < 1.29 is 4.79 Å². The van der Waals surface area contributed by atoms with Gasteiger partial charge in [0, 0.05) is 11.8 Å². The lowest BCUT2D eigenvalue weighted by atomic mass is 10.1. The van der Waals surface area contributed by atoms with Crippen molar-refractivity contribution in [2.75, 3.05) is 5.32 Å². The van der Waals surface area contributed by atoms with Crippen LogP contribution in [0.2, 0.25) is 0 Å². The summed E-state index contributed by atoms with van der Waals surface area (Å²) in [6, 6.07) is 20.9. The average molecular weight is 411 g/mol. The molecule has 0 aliphatic carbocycles. The molecule has 5 aromatic rings. The number of fused-ring (bicyclic) bond motifs is 1. The zero-order valence-electron chi connectivity index (χ0n) is 16.1. The monoisotopic (exact) mass is 411 g/mol. The van der Waals surface area contributed by atoms with Crippen molar-refractivity contribution in [2.45, 2.75) is 6.92 Å². The first-order chi connectivity index (χ1) is 14.7. The van der Waals surface area contributed by atoms with E-state index in [1.165, 1.54) is 0 Å². The molecule has 0 fully saturated rings. The number of pyridine rings is 1. The van der Waals surface area contributed by atoms with Crippen LogP contribution in [0.15, 0.2) is 72.9 Å². The highest BCUT2D eigenvalue weighted by Crippen LogP contribution is 2.36. The molecular weight excluding hydrogens is 394 g/mol. The van der Waals surface area contributed by atoms with Gasteiger partial charge in [-0.15, -0.1) is 11.3 Å². The molecule has 5 rings (SSSR count). The first-order valence-electron chi connectivity index (χ1n) is 9.43. The molecule has 2 N–H and O–H groups in total. The molecule has 0 atom stereocenters. The average Bonchev–Trinajstić information content (AvgIpc) is 3.38. The van der Waals surface area contributed by atoms with Crippen molar-refractivity contribution >= 4 is 34.1 Å². The van der Waals surface area contributed by atoms with E-state index in [4.69, 9.17) is 9.97 Å². The second kappa shape index (κ2) is 7.53. The van der Waals surface area contributed by atoms with Crippen LogP contribution in [0, 0.1) is 6.92 Å². The number of aryl methyl sites for hydroxylation is 1. The molecule has 7 heteroatoms. The molecule has 146 valence electrons. The van der Waals surface area contributed by atoms with Crippen LogP contribution in [0.5, 0.6) is 0 Å². The van der Waals surface area contributed by atoms with Crippen LogP contribution >= 0.6 is 11.3 Å². The molecule has 30 heavy (non-hydrogen) atoms. The number of aromatic amines is 1. The number of anilines is 1. The maximum Gasteiger partial charge on any atom is 0.259 e. The van der Waals surface area contributed by atoms with Crippen molar-refractivity contribution in [1.29, 1.82) is 0 Å². The summed E-state index contributed by atoms with van der Waals surface area (Å²) < 4.78 is 0. The summed E-state index contributed by atoms with van der Waals surface area (Å²) in [5.74, 6) is 0.952. The molecular formula is C23H17N5OS. The van der Waals surface area contributed by atoms with Crippen molar-refractivity contribution in [1.82, 2.24) is 19.9 Å². The van der Waals surface area contributed by atoms with Gasteiger partial charge in [0.25, 0.3) is 5.91 Å². The standard InChI is InChI=1S/C23H17N5OS/c1-14-25-19(15-8-3-2-4-9-15)21(30-14)22-26-17-11-7-10-16(20(17)28-22)23(29)27-18-12-5-6-13-24-18/h2-13H,1H3,(H,26,28)(H,24,27,29). The summed E-state index contributed by atoms with van der Waals surface area (Å²) in [5.41, 5.74) is 3.82. The van der Waals surface area contributed by atoms with Gasteiger partial charge in [0.15, 0.2) is 5.82 Å². The fraction of sp³-hybridized carbons (Fsp3) is 0.0435. The highest BCUT2D eigenvalue weighted by Gasteiger charge is 2.19. The fourth-order valence-corrected chi connectivity index (χ4v) is 4.21. The van der Waals surface area contributed by atoms with Gasteiger partial charge >= 0.3 is 0 Å². The summed E-state index contributed by atoms with van der Waals surface area (Å²) in [4.78, 5) is 30.8. The summed E-state index contributed by atoms with van der Waals surface area (Å²) in [6.45, 7) is 1.98. The lowest BCUT2D eigenvalue weighted by Crippen LogP contribution is -2.13. The molecule has 0 radical (unpaired) electrons. The Hall–Kier alpha value is -3.84. The quantitative estimate of drug-likeness (QED) is 0.420. The van der Waals surface area contributed by atoms with E-state index in [1.807, 2.05) is 55.5 Å². The molecule has 0 aliphatic rings. The number of imidazole rings is 1. The number of benzene rings is 2. The number of carbonyl (C=O) groups is 1. The minimum Gasteiger partial charge on any atom is -0.337 e. The maximum absolute atomic E-state index is 12.9. The molecule has 0 spiro atoms. The van der Waals surface area contributed by atoms with Gasteiger partial charge < -0.3 is 10.3 Å². The zero-order chi connectivity index (χ0) is 20.5. The number of nitrogens with zero attached hydrogens (tertiary/aromatic N) is 3. The third-order valence-electron chi connectivity index (χ3n) is 4.66. The predicted octanol–water partition coefficient (Wildman–Crippen LogP) is 5.31. The number of nitrogens with one attached hydrogen (secondary N) is 2. The summed E-state index contributed by atoms with van der Waals surface area (Å²) in [6.07, 6.45) is 1.64. The van der Waals surface area contributed by atoms with E-state index in [2.05, 4.69) is 15.3 Å². The molecule has 2 aromatic carbocycles. The SMILES string of the molecule is Cc1nc(-c2ccccc2)c(-c2nc3c(C(=O)Nc4ccccn4)cccc3[nH]2)s1. The van der Waals surface area contributed by atoms with Gasteiger partial charge in [-0.2, -0.15) is 0 Å². The van der Waals surface area contributed by atoms with Gasteiger partial charge in [0.1, 0.15) is 11.3 Å². The van der Waals surface area contributed by atoms with Crippen LogP contribution in [0.1, 0.15) is 15.4 Å². The lowest BCUT2D eigenvalue weighted by molar-refractivity contribution is 0.102. The van der Waals surface area contributed by atoms with E-state index in [1.54, 1.807) is 35.7 Å². The van der Waals surface area contributed by atoms with Crippen molar-refractivity contribution in [2.24, 2.45) is 0 Å². The smallest absolute Gasteiger partial charge is 0.259 e. The summed E-state index contributed by atoms with van der Waals surface area (Å²) >= 11 is 1.58.